The Balaban J connectivity index is 2.13. The predicted molar refractivity (Wildman–Crippen MR) is 96.1 cm³/mol. The summed E-state index contributed by atoms with van der Waals surface area (Å²) in [5.74, 6) is -0.525. The molecule has 136 valence electrons. The molecule has 0 aliphatic rings. The van der Waals surface area contributed by atoms with E-state index in [1.165, 1.54) is 6.07 Å². The second-order valence-electron chi connectivity index (χ2n) is 5.68. The van der Waals surface area contributed by atoms with Crippen molar-refractivity contribution < 1.29 is 22.7 Å². The van der Waals surface area contributed by atoms with Crippen LogP contribution in [-0.2, 0) is 17.5 Å². The van der Waals surface area contributed by atoms with Crippen LogP contribution in [-0.4, -0.2) is 17.1 Å². The standard InChI is InChI=1S/C19H15BrF3NO2/c1-2-26-18(25)17-16(20)14-8-3-4-9-15(14)24(17)11-12-6-5-7-13(10-12)19(21,22)23/h3-10H,2,11H2,1H3. The maximum atomic E-state index is 13.0. The molecule has 0 aliphatic carbocycles. The Bertz CT molecular complexity index is 963. The maximum Gasteiger partial charge on any atom is 0.416 e. The molecule has 0 saturated carbocycles. The minimum atomic E-state index is -4.42. The van der Waals surface area contributed by atoms with Crippen molar-refractivity contribution in [2.45, 2.75) is 19.6 Å². The van der Waals surface area contributed by atoms with Gasteiger partial charge in [-0.1, -0.05) is 30.3 Å². The van der Waals surface area contributed by atoms with Crippen molar-refractivity contribution in [3.63, 3.8) is 0 Å². The first-order valence-electron chi connectivity index (χ1n) is 7.93. The van der Waals surface area contributed by atoms with Crippen LogP contribution < -0.4 is 0 Å². The van der Waals surface area contributed by atoms with Crippen molar-refractivity contribution in [1.82, 2.24) is 4.57 Å². The number of fused-ring (bicyclic) bond motifs is 1. The number of carbonyl (C=O) groups excluding carboxylic acids is 1. The molecule has 0 atom stereocenters. The molecule has 7 heteroatoms. The van der Waals surface area contributed by atoms with E-state index in [1.807, 2.05) is 24.3 Å². The Morgan fingerprint density at radius 2 is 1.88 bits per heavy atom. The summed E-state index contributed by atoms with van der Waals surface area (Å²) < 4.78 is 46.3. The predicted octanol–water partition coefficient (Wildman–Crippen LogP) is 5.65. The maximum absolute atomic E-state index is 13.0. The van der Waals surface area contributed by atoms with Gasteiger partial charge in [0, 0.05) is 11.9 Å². The van der Waals surface area contributed by atoms with E-state index in [4.69, 9.17) is 4.74 Å². The summed E-state index contributed by atoms with van der Waals surface area (Å²) in [6.07, 6.45) is -4.42. The van der Waals surface area contributed by atoms with E-state index in [2.05, 4.69) is 15.9 Å². The number of ether oxygens (including phenoxy) is 1. The monoisotopic (exact) mass is 425 g/mol. The van der Waals surface area contributed by atoms with Gasteiger partial charge >= 0.3 is 12.1 Å². The molecule has 1 heterocycles. The van der Waals surface area contributed by atoms with Crippen LogP contribution in [0.25, 0.3) is 10.9 Å². The van der Waals surface area contributed by atoms with Crippen LogP contribution in [0.5, 0.6) is 0 Å². The molecule has 1 aromatic heterocycles. The third-order valence-electron chi connectivity index (χ3n) is 3.97. The van der Waals surface area contributed by atoms with Gasteiger partial charge in [-0.05, 0) is 46.6 Å². The largest absolute Gasteiger partial charge is 0.461 e. The molecule has 0 radical (unpaired) electrons. The molecular weight excluding hydrogens is 411 g/mol. The number of aromatic nitrogens is 1. The van der Waals surface area contributed by atoms with Gasteiger partial charge in [0.05, 0.1) is 22.2 Å². The van der Waals surface area contributed by atoms with Crippen molar-refractivity contribution in [3.05, 3.63) is 69.8 Å². The van der Waals surface area contributed by atoms with Crippen LogP contribution in [0.2, 0.25) is 0 Å². The highest BCUT2D eigenvalue weighted by Gasteiger charge is 2.30. The smallest absolute Gasteiger partial charge is 0.416 e. The zero-order chi connectivity index (χ0) is 18.9. The number of nitrogens with zero attached hydrogens (tertiary/aromatic N) is 1. The molecule has 2 aromatic carbocycles. The lowest BCUT2D eigenvalue weighted by atomic mass is 10.1. The first-order valence-corrected chi connectivity index (χ1v) is 8.72. The summed E-state index contributed by atoms with van der Waals surface area (Å²) in [6, 6.07) is 12.4. The van der Waals surface area contributed by atoms with E-state index in [0.29, 0.717) is 10.0 Å². The van der Waals surface area contributed by atoms with Crippen molar-refractivity contribution >= 4 is 32.8 Å². The Labute approximate surface area is 156 Å². The Morgan fingerprint density at radius 1 is 1.15 bits per heavy atom. The molecular formula is C19H15BrF3NO2. The summed E-state index contributed by atoms with van der Waals surface area (Å²) in [4.78, 5) is 12.4. The molecule has 0 unspecified atom stereocenters. The van der Waals surface area contributed by atoms with Gasteiger partial charge in [0.15, 0.2) is 0 Å². The zero-order valence-corrected chi connectivity index (χ0v) is 15.4. The van der Waals surface area contributed by atoms with Crippen molar-refractivity contribution in [1.29, 1.82) is 0 Å². The molecule has 3 nitrogen and oxygen atoms in total. The van der Waals surface area contributed by atoms with Crippen LogP contribution >= 0.6 is 15.9 Å². The third-order valence-corrected chi connectivity index (χ3v) is 4.78. The van der Waals surface area contributed by atoms with Gasteiger partial charge in [0.2, 0.25) is 0 Å². The van der Waals surface area contributed by atoms with E-state index in [-0.39, 0.29) is 18.8 Å². The van der Waals surface area contributed by atoms with Gasteiger partial charge in [-0.25, -0.2) is 4.79 Å². The number of alkyl halides is 3. The number of rotatable bonds is 4. The normalized spacial score (nSPS) is 11.7. The van der Waals surface area contributed by atoms with Crippen LogP contribution in [0.15, 0.2) is 53.0 Å². The van der Waals surface area contributed by atoms with Gasteiger partial charge in [-0.15, -0.1) is 0 Å². The Kier molecular flexibility index (Phi) is 5.09. The quantitative estimate of drug-likeness (QED) is 0.505. The molecule has 26 heavy (non-hydrogen) atoms. The van der Waals surface area contributed by atoms with E-state index in [1.54, 1.807) is 17.6 Å². The molecule has 0 fully saturated rings. The number of para-hydroxylation sites is 1. The van der Waals surface area contributed by atoms with Crippen LogP contribution in [0, 0.1) is 0 Å². The summed E-state index contributed by atoms with van der Waals surface area (Å²) in [7, 11) is 0. The summed E-state index contributed by atoms with van der Waals surface area (Å²) in [5.41, 5.74) is 0.743. The summed E-state index contributed by atoms with van der Waals surface area (Å²) >= 11 is 3.43. The molecule has 0 bridgehead atoms. The Hall–Kier alpha value is -2.28. The van der Waals surface area contributed by atoms with Gasteiger partial charge in [-0.2, -0.15) is 13.2 Å². The number of esters is 1. The highest BCUT2D eigenvalue weighted by molar-refractivity contribution is 9.10. The molecule has 0 N–H and O–H groups in total. The number of carbonyl (C=O) groups is 1. The lowest BCUT2D eigenvalue weighted by Crippen LogP contribution is -2.14. The highest BCUT2D eigenvalue weighted by atomic mass is 79.9. The average Bonchev–Trinajstić information content (AvgIpc) is 2.87. The van der Waals surface area contributed by atoms with E-state index >= 15 is 0 Å². The van der Waals surface area contributed by atoms with Crippen LogP contribution in [0.4, 0.5) is 13.2 Å². The number of hydrogen-bond donors (Lipinski definition) is 0. The Morgan fingerprint density at radius 3 is 2.58 bits per heavy atom. The summed E-state index contributed by atoms with van der Waals surface area (Å²) in [5, 5.41) is 0.794. The van der Waals surface area contributed by atoms with Crippen LogP contribution in [0.3, 0.4) is 0 Å². The fraction of sp³-hybridized carbons (Fsp3) is 0.211. The summed E-state index contributed by atoms with van der Waals surface area (Å²) in [6.45, 7) is 2.02. The topological polar surface area (TPSA) is 31.2 Å². The average molecular weight is 426 g/mol. The zero-order valence-electron chi connectivity index (χ0n) is 13.8. The molecule has 0 spiro atoms. The second kappa shape index (κ2) is 7.15. The fourth-order valence-corrected chi connectivity index (χ4v) is 3.56. The SMILES string of the molecule is CCOC(=O)c1c(Br)c2ccccc2n1Cc1cccc(C(F)(F)F)c1. The molecule has 3 aromatic rings. The lowest BCUT2D eigenvalue weighted by Gasteiger charge is -2.13. The first-order chi connectivity index (χ1) is 12.3. The number of halogens is 4. The van der Waals surface area contributed by atoms with Crippen LogP contribution in [0.1, 0.15) is 28.5 Å². The minimum Gasteiger partial charge on any atom is -0.461 e. The number of hydrogen-bond acceptors (Lipinski definition) is 2. The van der Waals surface area contributed by atoms with Gasteiger partial charge < -0.3 is 9.30 Å². The van der Waals surface area contributed by atoms with Crippen molar-refractivity contribution in [3.8, 4) is 0 Å². The van der Waals surface area contributed by atoms with E-state index < -0.39 is 17.7 Å². The van der Waals surface area contributed by atoms with Crippen molar-refractivity contribution in [2.24, 2.45) is 0 Å². The minimum absolute atomic E-state index is 0.115. The van der Waals surface area contributed by atoms with Gasteiger partial charge in [-0.3, -0.25) is 0 Å². The van der Waals surface area contributed by atoms with Crippen molar-refractivity contribution in [2.75, 3.05) is 6.61 Å². The van der Waals surface area contributed by atoms with Gasteiger partial charge in [0.25, 0.3) is 0 Å². The molecule has 0 saturated heterocycles. The highest BCUT2D eigenvalue weighted by Crippen LogP contribution is 2.33. The molecule has 0 amide bonds. The lowest BCUT2D eigenvalue weighted by molar-refractivity contribution is -0.137. The second-order valence-corrected chi connectivity index (χ2v) is 6.48. The van der Waals surface area contributed by atoms with Gasteiger partial charge in [0.1, 0.15) is 5.69 Å². The first kappa shape index (κ1) is 18.5. The fourth-order valence-electron chi connectivity index (χ4n) is 2.85. The molecule has 0 aliphatic heterocycles. The molecule has 3 rings (SSSR count). The third kappa shape index (κ3) is 3.49. The van der Waals surface area contributed by atoms with E-state index in [9.17, 15) is 18.0 Å². The van der Waals surface area contributed by atoms with E-state index in [0.717, 1.165) is 23.0 Å². The number of benzene rings is 2.